The van der Waals surface area contributed by atoms with Crippen molar-refractivity contribution in [3.05, 3.63) is 274 Å². The van der Waals surface area contributed by atoms with Gasteiger partial charge in [0.15, 0.2) is 0 Å². The number of piperidine rings is 12. The lowest BCUT2D eigenvalue weighted by Crippen LogP contribution is -2.55. The van der Waals surface area contributed by atoms with Crippen molar-refractivity contribution in [2.45, 2.75) is 164 Å². The molecule has 4 N–H and O–H groups in total. The van der Waals surface area contributed by atoms with Crippen LogP contribution in [-0.2, 0) is 58.2 Å². The van der Waals surface area contributed by atoms with Gasteiger partial charge < -0.3 is 54.2 Å². The van der Waals surface area contributed by atoms with E-state index in [9.17, 15) is 20.4 Å². The van der Waals surface area contributed by atoms with Gasteiger partial charge in [0, 0.05) is 78.4 Å². The van der Waals surface area contributed by atoms with Crippen LogP contribution in [0.4, 0.5) is 0 Å². The topological polar surface area (TPSA) is 122 Å². The van der Waals surface area contributed by atoms with Crippen LogP contribution in [0, 0.1) is 54.3 Å². The highest BCUT2D eigenvalue weighted by atomic mass is 16.5. The molecule has 8 aromatic rings. The van der Waals surface area contributed by atoms with Gasteiger partial charge in [0.2, 0.25) is 0 Å². The van der Waals surface area contributed by atoms with E-state index in [0.717, 1.165) is 112 Å². The summed E-state index contributed by atoms with van der Waals surface area (Å²) in [4.78, 5) is 10.2. The summed E-state index contributed by atoms with van der Waals surface area (Å²) >= 11 is 0. The fraction of sp³-hybridized carbons (Fsp3) is 0.505. The van der Waals surface area contributed by atoms with Gasteiger partial charge in [-0.05, 0) is 239 Å². The van der Waals surface area contributed by atoms with Gasteiger partial charge in [0.05, 0.1) is 42.7 Å². The van der Waals surface area contributed by atoms with Crippen LogP contribution >= 0.6 is 0 Å². The molecule has 0 aliphatic carbocycles. The van der Waals surface area contributed by atoms with Crippen molar-refractivity contribution in [1.82, 2.24) is 19.6 Å². The summed E-state index contributed by atoms with van der Waals surface area (Å²) in [5, 5.41) is 48.4. The Morgan fingerprint density at radius 3 is 1.17 bits per heavy atom. The maximum atomic E-state index is 12.2. The molecule has 8 aromatic carbocycles. The van der Waals surface area contributed by atoms with E-state index >= 15 is 0 Å². The molecule has 13 heterocycles. The third kappa shape index (κ3) is 18.1. The minimum absolute atomic E-state index is 0. The van der Waals surface area contributed by atoms with E-state index in [0.29, 0.717) is 54.3 Å². The third-order valence-electron chi connectivity index (χ3n) is 27.3. The van der Waals surface area contributed by atoms with Gasteiger partial charge in [0.1, 0.15) is 17.6 Å². The lowest BCUT2D eigenvalue weighted by atomic mass is 9.65. The highest BCUT2D eigenvalue weighted by Gasteiger charge is 2.52. The zero-order valence-corrected chi connectivity index (χ0v) is 65.5. The minimum Gasteiger partial charge on any atom is -0.497 e. The predicted molar refractivity (Wildman–Crippen MR) is 440 cm³/mol. The number of nitrogens with zero attached hydrogens (tertiary/aromatic N) is 4. The van der Waals surface area contributed by atoms with Crippen molar-refractivity contribution in [2.24, 2.45) is 47.3 Å². The van der Waals surface area contributed by atoms with Crippen LogP contribution in [0.5, 0.6) is 11.5 Å². The molecule has 0 spiro atoms. The number of hydrogen-bond acceptors (Lipinski definition) is 11. The molecular weight excluding hydrogens is 1330 g/mol. The zero-order valence-electron chi connectivity index (χ0n) is 65.5. The number of benzene rings is 8. The number of fused-ring (bicyclic) bond motifs is 12. The summed E-state index contributed by atoms with van der Waals surface area (Å²) < 4.78 is 17.2. The van der Waals surface area contributed by atoms with E-state index in [1.54, 1.807) is 7.11 Å². The molecule has 13 fully saturated rings. The summed E-state index contributed by atoms with van der Waals surface area (Å²) in [5.41, 5.74) is 8.72. The van der Waals surface area contributed by atoms with Crippen molar-refractivity contribution >= 4 is 0 Å². The Morgan fingerprint density at radius 2 is 0.741 bits per heavy atom. The first-order valence-electron chi connectivity index (χ1n) is 41.5. The number of ether oxygens (including phenoxy) is 3. The monoisotopic (exact) mass is 1460 g/mol. The van der Waals surface area contributed by atoms with Gasteiger partial charge >= 0.3 is 0 Å². The highest BCUT2D eigenvalue weighted by molar-refractivity contribution is 5.39. The van der Waals surface area contributed by atoms with Gasteiger partial charge in [0.25, 0.3) is 0 Å². The first kappa shape index (κ1) is 77.7. The highest BCUT2D eigenvalue weighted by Crippen LogP contribution is 2.51. The molecule has 8 atom stereocenters. The number of rotatable bonds is 21. The molecule has 8 bridgehead atoms. The molecule has 0 aromatic heterocycles. The van der Waals surface area contributed by atoms with E-state index in [1.807, 2.05) is 36.4 Å². The Morgan fingerprint density at radius 1 is 0.380 bits per heavy atom. The summed E-state index contributed by atoms with van der Waals surface area (Å²) in [5.74, 6) is 5.55. The van der Waals surface area contributed by atoms with E-state index in [4.69, 9.17) is 14.2 Å². The molecule has 11 heteroatoms. The summed E-state index contributed by atoms with van der Waals surface area (Å²) in [7, 11) is 1.68. The van der Waals surface area contributed by atoms with E-state index < -0.39 is 22.4 Å². The van der Waals surface area contributed by atoms with Crippen molar-refractivity contribution in [2.75, 3.05) is 98.9 Å². The van der Waals surface area contributed by atoms with Gasteiger partial charge in [-0.25, -0.2) is 0 Å². The predicted octanol–water partition coefficient (Wildman–Crippen LogP) is 17.3. The second-order valence-electron chi connectivity index (χ2n) is 34.8. The quantitative estimate of drug-likeness (QED) is 0.0550. The third-order valence-corrected chi connectivity index (χ3v) is 27.3. The lowest BCUT2D eigenvalue weighted by molar-refractivity contribution is -0.107. The zero-order chi connectivity index (χ0) is 74.7. The van der Waals surface area contributed by atoms with E-state index in [2.05, 4.69) is 229 Å². The maximum Gasteiger partial charge on any atom is 0.122 e. The van der Waals surface area contributed by atoms with Crippen LogP contribution in [0.15, 0.2) is 218 Å². The molecule has 21 rings (SSSR count). The normalized spacial score (nSPS) is 27.8. The molecule has 13 saturated heterocycles. The van der Waals surface area contributed by atoms with Crippen LogP contribution in [-0.4, -0.2) is 145 Å². The molecule has 0 radical (unpaired) electrons. The second-order valence-corrected chi connectivity index (χ2v) is 34.8. The average molecular weight is 1460 g/mol. The van der Waals surface area contributed by atoms with Gasteiger partial charge in [-0.2, -0.15) is 0 Å². The molecular formula is C97H128N4O7. The number of aliphatic hydroxyl groups is 4. The number of hydrogen-bond donors (Lipinski definition) is 4. The van der Waals surface area contributed by atoms with Gasteiger partial charge in [-0.3, -0.25) is 0 Å². The Balaban J connectivity index is 0.000000136. The smallest absolute Gasteiger partial charge is 0.122 e. The largest absolute Gasteiger partial charge is 0.497 e. The minimum atomic E-state index is -0.836. The molecule has 13 aliphatic heterocycles. The fourth-order valence-corrected chi connectivity index (χ4v) is 20.8. The van der Waals surface area contributed by atoms with Crippen molar-refractivity contribution in [1.29, 1.82) is 0 Å². The van der Waals surface area contributed by atoms with Crippen LogP contribution in [0.25, 0.3) is 0 Å². The standard InChI is InChI=1S/C27H35NO3.C25H33NO.C23H29NO.C22H27NO2.2H2/c29-27(23-7-2-1-3-8-23,25-20-28-16-11-21(25)12-17-28)15-10-22-6-4-5-9-26(22)31-24-13-18-30-19-14-24;1-24(2,3)21-9-11-22(12-10-21)25(27,17-19-7-5-4-6-8-19)23-18-26-15-13-20(23)14-16-26;1-18-7-5-6-10-21(18)23(25,14-11-19-8-3-2-4-9-19)22-17-24-15-12-20(22)13-16-24;1-25-20-9-7-19(8-10-20)22(24,15-17-5-3-2-4-6-17)21-16-23-13-11-18(21)12-14-23;;/h1-9,21,24-25,29H,10-20H2;4-12,20,23,27H,13-18H2,1-3H3;2-10,20,22,25H,11-17H2,1H3;2-10,18,21,24H,11-16H2,1H3;2*1H. The Labute approximate surface area is 649 Å². The van der Waals surface area contributed by atoms with Crippen LogP contribution in [0.2, 0.25) is 0 Å². The molecule has 13 aliphatic rings. The number of para-hydroxylation sites is 1. The Kier molecular flexibility index (Phi) is 25.3. The van der Waals surface area contributed by atoms with Gasteiger partial charge in [-0.15, -0.1) is 0 Å². The van der Waals surface area contributed by atoms with Crippen LogP contribution in [0.3, 0.4) is 0 Å². The first-order chi connectivity index (χ1) is 52.4. The molecule has 0 amide bonds. The number of aryl methyl sites for hydroxylation is 3. The van der Waals surface area contributed by atoms with Crippen LogP contribution < -0.4 is 9.47 Å². The molecule has 578 valence electrons. The van der Waals surface area contributed by atoms with E-state index in [1.165, 1.54) is 137 Å². The lowest BCUT2D eigenvalue weighted by Gasteiger charge is -2.51. The second kappa shape index (κ2) is 35.1. The molecule has 11 nitrogen and oxygen atoms in total. The first-order valence-corrected chi connectivity index (χ1v) is 41.5. The van der Waals surface area contributed by atoms with E-state index in [-0.39, 0.29) is 20.3 Å². The van der Waals surface area contributed by atoms with Gasteiger partial charge in [-0.1, -0.05) is 221 Å². The number of methoxy groups -OCH3 is 1. The summed E-state index contributed by atoms with van der Waals surface area (Å²) in [6.07, 6.45) is 16.5. The average Bonchev–Trinajstić information content (AvgIpc) is 0.779. The van der Waals surface area contributed by atoms with Crippen molar-refractivity contribution in [3.8, 4) is 11.5 Å². The Hall–Kier alpha value is -7.00. The summed E-state index contributed by atoms with van der Waals surface area (Å²) in [6.45, 7) is 24.1. The van der Waals surface area contributed by atoms with Crippen LogP contribution in [0.1, 0.15) is 156 Å². The van der Waals surface area contributed by atoms with Crippen molar-refractivity contribution in [3.63, 3.8) is 0 Å². The molecule has 8 unspecified atom stereocenters. The van der Waals surface area contributed by atoms with Crippen molar-refractivity contribution < 1.29 is 37.5 Å². The molecule has 0 saturated carbocycles. The molecule has 108 heavy (non-hydrogen) atoms. The Bertz CT molecular complexity index is 4060. The maximum absolute atomic E-state index is 12.2. The summed E-state index contributed by atoms with van der Waals surface area (Å²) in [6, 6.07) is 75.5. The fourth-order valence-electron chi connectivity index (χ4n) is 20.8. The SMILES string of the molecule is CC(C)(C)c1ccc(C(O)(Cc2ccccc2)C2CN3CCC2CC3)cc1.COc1ccc(C(O)(Cc2ccccc2)C2CN3CCC2CC3)cc1.Cc1ccccc1C(O)(CCc1ccccc1)C1CN2CCC1CC2.OC(CCc1ccccc1OC1CCOCC1)(c1ccccc1)C1CN2CCC1CC2.[HH].[HH].